The second-order valence-corrected chi connectivity index (χ2v) is 6.54. The first-order valence-corrected chi connectivity index (χ1v) is 8.40. The van der Waals surface area contributed by atoms with Crippen molar-refractivity contribution in [2.45, 2.75) is 19.8 Å². The van der Waals surface area contributed by atoms with Crippen LogP contribution in [-0.2, 0) is 16.0 Å². The Morgan fingerprint density at radius 3 is 3.04 bits per heavy atom. The standard InChI is InChI=1S/C18H25NO4/c1-2-14-5-3-4-6-16(14)23-10-8-19-11-15-7-9-22-13-18(15,12-19)17(20)21/h3-6,15H,2,7-13H2,1H3,(H,20,21)/t15-,18+/m0/s1. The molecular weight excluding hydrogens is 294 g/mol. The van der Waals surface area contributed by atoms with Gasteiger partial charge in [-0.05, 0) is 30.4 Å². The minimum atomic E-state index is -0.723. The van der Waals surface area contributed by atoms with E-state index in [0.29, 0.717) is 26.4 Å². The summed E-state index contributed by atoms with van der Waals surface area (Å²) in [6.07, 6.45) is 1.78. The maximum Gasteiger partial charge on any atom is 0.313 e. The Labute approximate surface area is 137 Å². The van der Waals surface area contributed by atoms with Crippen LogP contribution in [0.3, 0.4) is 0 Å². The van der Waals surface area contributed by atoms with Gasteiger partial charge in [0, 0.05) is 26.2 Å². The summed E-state index contributed by atoms with van der Waals surface area (Å²) in [5, 5.41) is 9.65. The fourth-order valence-corrected chi connectivity index (χ4v) is 3.79. The molecule has 0 radical (unpaired) electrons. The SMILES string of the molecule is CCc1ccccc1OCCN1C[C@@H]2CCOC[C@]2(C(=O)O)C1. The number of fused-ring (bicyclic) bond motifs is 1. The van der Waals surface area contributed by atoms with Gasteiger partial charge in [0.1, 0.15) is 17.8 Å². The lowest BCUT2D eigenvalue weighted by Gasteiger charge is -2.34. The maximum absolute atomic E-state index is 11.7. The first-order valence-electron chi connectivity index (χ1n) is 8.40. The number of benzene rings is 1. The van der Waals surface area contributed by atoms with Crippen LogP contribution in [0.5, 0.6) is 5.75 Å². The molecule has 1 N–H and O–H groups in total. The average molecular weight is 319 g/mol. The molecule has 0 aliphatic carbocycles. The van der Waals surface area contributed by atoms with Crippen molar-refractivity contribution in [1.82, 2.24) is 4.90 Å². The number of ether oxygens (including phenoxy) is 2. The van der Waals surface area contributed by atoms with Gasteiger partial charge in [0.05, 0.1) is 6.61 Å². The summed E-state index contributed by atoms with van der Waals surface area (Å²) in [7, 11) is 0. The topological polar surface area (TPSA) is 59.0 Å². The largest absolute Gasteiger partial charge is 0.492 e. The number of hydrogen-bond acceptors (Lipinski definition) is 4. The van der Waals surface area contributed by atoms with Crippen LogP contribution in [-0.4, -0.2) is 55.4 Å². The summed E-state index contributed by atoms with van der Waals surface area (Å²) < 4.78 is 11.4. The molecule has 1 aromatic carbocycles. The minimum absolute atomic E-state index is 0.191. The fourth-order valence-electron chi connectivity index (χ4n) is 3.79. The van der Waals surface area contributed by atoms with Gasteiger partial charge in [0.15, 0.2) is 0 Å². The first kappa shape index (κ1) is 16.3. The van der Waals surface area contributed by atoms with Crippen molar-refractivity contribution in [3.05, 3.63) is 29.8 Å². The Kier molecular flexibility index (Phi) is 4.87. The highest BCUT2D eigenvalue weighted by Gasteiger charge is 2.53. The van der Waals surface area contributed by atoms with E-state index in [1.54, 1.807) is 0 Å². The third-order valence-corrected chi connectivity index (χ3v) is 5.18. The molecule has 5 heteroatoms. The van der Waals surface area contributed by atoms with Crippen LogP contribution in [0.4, 0.5) is 0 Å². The monoisotopic (exact) mass is 319 g/mol. The summed E-state index contributed by atoms with van der Waals surface area (Å²) in [6, 6.07) is 8.08. The summed E-state index contributed by atoms with van der Waals surface area (Å²) in [6.45, 7) is 5.85. The minimum Gasteiger partial charge on any atom is -0.492 e. The number of carboxylic acid groups (broad SMARTS) is 1. The summed E-state index contributed by atoms with van der Waals surface area (Å²) in [4.78, 5) is 14.0. The number of rotatable bonds is 6. The molecule has 3 rings (SSSR count). The fraction of sp³-hybridized carbons (Fsp3) is 0.611. The van der Waals surface area contributed by atoms with Gasteiger partial charge in [0.25, 0.3) is 0 Å². The number of aliphatic carboxylic acids is 1. The van der Waals surface area contributed by atoms with Crippen LogP contribution < -0.4 is 4.74 Å². The second-order valence-electron chi connectivity index (χ2n) is 6.54. The van der Waals surface area contributed by atoms with E-state index in [1.807, 2.05) is 18.2 Å². The molecule has 2 aliphatic rings. The Morgan fingerprint density at radius 2 is 2.30 bits per heavy atom. The average Bonchev–Trinajstić information content (AvgIpc) is 2.95. The third-order valence-electron chi connectivity index (χ3n) is 5.18. The predicted octanol–water partition coefficient (Wildman–Crippen LogP) is 2.05. The number of para-hydroxylation sites is 1. The molecule has 2 aliphatic heterocycles. The van der Waals surface area contributed by atoms with Crippen LogP contribution in [0.1, 0.15) is 18.9 Å². The molecule has 2 atom stereocenters. The zero-order chi connectivity index (χ0) is 16.3. The van der Waals surface area contributed by atoms with E-state index in [2.05, 4.69) is 17.9 Å². The Hall–Kier alpha value is -1.59. The van der Waals surface area contributed by atoms with E-state index in [-0.39, 0.29) is 5.92 Å². The van der Waals surface area contributed by atoms with E-state index in [4.69, 9.17) is 9.47 Å². The number of carbonyl (C=O) groups is 1. The number of likely N-dealkylation sites (tertiary alicyclic amines) is 1. The van der Waals surface area contributed by atoms with E-state index in [0.717, 1.165) is 31.7 Å². The van der Waals surface area contributed by atoms with E-state index < -0.39 is 11.4 Å². The third kappa shape index (κ3) is 3.21. The molecule has 0 aromatic heterocycles. The van der Waals surface area contributed by atoms with Crippen molar-refractivity contribution >= 4 is 5.97 Å². The van der Waals surface area contributed by atoms with Crippen molar-refractivity contribution in [3.8, 4) is 5.75 Å². The van der Waals surface area contributed by atoms with Crippen molar-refractivity contribution < 1.29 is 19.4 Å². The number of nitrogens with zero attached hydrogens (tertiary/aromatic N) is 1. The van der Waals surface area contributed by atoms with Crippen LogP contribution >= 0.6 is 0 Å². The zero-order valence-corrected chi connectivity index (χ0v) is 13.7. The Morgan fingerprint density at radius 1 is 1.48 bits per heavy atom. The van der Waals surface area contributed by atoms with Gasteiger partial charge in [-0.2, -0.15) is 0 Å². The van der Waals surface area contributed by atoms with Gasteiger partial charge in [-0.15, -0.1) is 0 Å². The smallest absolute Gasteiger partial charge is 0.313 e. The molecule has 2 saturated heterocycles. The summed E-state index contributed by atoms with van der Waals surface area (Å²) in [5.41, 5.74) is 0.484. The van der Waals surface area contributed by atoms with E-state index in [1.165, 1.54) is 5.56 Å². The highest BCUT2D eigenvalue weighted by atomic mass is 16.5. The Bertz CT molecular complexity index is 562. The molecule has 2 fully saturated rings. The first-order chi connectivity index (χ1) is 11.2. The van der Waals surface area contributed by atoms with Gasteiger partial charge in [-0.1, -0.05) is 25.1 Å². The molecule has 0 spiro atoms. The zero-order valence-electron chi connectivity index (χ0n) is 13.7. The Balaban J connectivity index is 1.56. The van der Waals surface area contributed by atoms with E-state index >= 15 is 0 Å². The molecule has 2 heterocycles. The molecule has 1 aromatic rings. The molecule has 23 heavy (non-hydrogen) atoms. The molecular formula is C18H25NO4. The van der Waals surface area contributed by atoms with Crippen molar-refractivity contribution in [2.24, 2.45) is 11.3 Å². The molecule has 5 nitrogen and oxygen atoms in total. The predicted molar refractivity (Wildman–Crippen MR) is 86.7 cm³/mol. The molecule has 0 unspecified atom stereocenters. The van der Waals surface area contributed by atoms with Gasteiger partial charge >= 0.3 is 5.97 Å². The number of hydrogen-bond donors (Lipinski definition) is 1. The molecule has 0 amide bonds. The van der Waals surface area contributed by atoms with Gasteiger partial charge in [0.2, 0.25) is 0 Å². The lowest BCUT2D eigenvalue weighted by molar-refractivity contribution is -0.159. The quantitative estimate of drug-likeness (QED) is 0.869. The highest BCUT2D eigenvalue weighted by Crippen LogP contribution is 2.41. The van der Waals surface area contributed by atoms with Crippen LogP contribution in [0.25, 0.3) is 0 Å². The van der Waals surface area contributed by atoms with Gasteiger partial charge < -0.3 is 14.6 Å². The van der Waals surface area contributed by atoms with Crippen LogP contribution in [0.2, 0.25) is 0 Å². The van der Waals surface area contributed by atoms with Crippen molar-refractivity contribution in [1.29, 1.82) is 0 Å². The lowest BCUT2D eigenvalue weighted by Crippen LogP contribution is -2.46. The lowest BCUT2D eigenvalue weighted by atomic mass is 9.76. The number of carboxylic acids is 1. The highest BCUT2D eigenvalue weighted by molar-refractivity contribution is 5.76. The molecule has 126 valence electrons. The van der Waals surface area contributed by atoms with E-state index in [9.17, 15) is 9.90 Å². The number of aryl methyl sites for hydroxylation is 1. The van der Waals surface area contributed by atoms with Gasteiger partial charge in [-0.25, -0.2) is 0 Å². The normalized spacial score (nSPS) is 27.6. The van der Waals surface area contributed by atoms with Crippen molar-refractivity contribution in [2.75, 3.05) is 39.5 Å². The van der Waals surface area contributed by atoms with Gasteiger partial charge in [-0.3, -0.25) is 9.69 Å². The van der Waals surface area contributed by atoms with Crippen molar-refractivity contribution in [3.63, 3.8) is 0 Å². The van der Waals surface area contributed by atoms with Crippen LogP contribution in [0.15, 0.2) is 24.3 Å². The molecule has 0 bridgehead atoms. The second kappa shape index (κ2) is 6.89. The summed E-state index contributed by atoms with van der Waals surface area (Å²) >= 11 is 0. The summed E-state index contributed by atoms with van der Waals surface area (Å²) in [5.74, 6) is 0.404. The van der Waals surface area contributed by atoms with Crippen LogP contribution in [0, 0.1) is 11.3 Å². The maximum atomic E-state index is 11.7. The molecule has 0 saturated carbocycles.